The molecule has 1 aromatic heterocycles. The van der Waals surface area contributed by atoms with Crippen molar-refractivity contribution in [3.63, 3.8) is 0 Å². The summed E-state index contributed by atoms with van der Waals surface area (Å²) in [5, 5.41) is 7.53. The summed E-state index contributed by atoms with van der Waals surface area (Å²) < 4.78 is 1.72. The van der Waals surface area contributed by atoms with E-state index in [0.29, 0.717) is 0 Å². The van der Waals surface area contributed by atoms with E-state index in [9.17, 15) is 0 Å². The molecule has 0 unspecified atom stereocenters. The summed E-state index contributed by atoms with van der Waals surface area (Å²) in [6.07, 6.45) is 6.57. The Morgan fingerprint density at radius 1 is 1.24 bits per heavy atom. The number of rotatable bonds is 6. The number of nitrogens with one attached hydrogen (secondary N) is 1. The van der Waals surface area contributed by atoms with E-state index in [1.165, 1.54) is 11.1 Å². The van der Waals surface area contributed by atoms with Gasteiger partial charge in [-0.1, -0.05) is 36.9 Å². The van der Waals surface area contributed by atoms with Crippen LogP contribution in [-0.2, 0) is 13.0 Å². The lowest BCUT2D eigenvalue weighted by Gasteiger charge is -2.02. The Kier molecular flexibility index (Phi) is 4.11. The molecular formula is C14H17N3. The van der Waals surface area contributed by atoms with Gasteiger partial charge in [-0.2, -0.15) is 5.10 Å². The molecule has 0 aliphatic carbocycles. The van der Waals surface area contributed by atoms with Crippen LogP contribution in [0.2, 0.25) is 0 Å². The highest BCUT2D eigenvalue weighted by molar-refractivity contribution is 5.18. The molecule has 3 nitrogen and oxygen atoms in total. The summed E-state index contributed by atoms with van der Waals surface area (Å²) in [6.45, 7) is 5.48. The minimum Gasteiger partial charge on any atom is -0.312 e. The van der Waals surface area contributed by atoms with E-state index in [4.69, 9.17) is 0 Å². The van der Waals surface area contributed by atoms with E-state index in [1.807, 2.05) is 18.5 Å². The van der Waals surface area contributed by atoms with Gasteiger partial charge in [0.1, 0.15) is 0 Å². The first-order chi connectivity index (χ1) is 8.38. The van der Waals surface area contributed by atoms with Crippen molar-refractivity contribution >= 4 is 6.20 Å². The molecule has 0 saturated heterocycles. The predicted molar refractivity (Wildman–Crippen MR) is 70.5 cm³/mol. The van der Waals surface area contributed by atoms with E-state index in [-0.39, 0.29) is 0 Å². The van der Waals surface area contributed by atoms with Crippen LogP contribution in [0.1, 0.15) is 11.1 Å². The second-order valence-corrected chi connectivity index (χ2v) is 3.92. The van der Waals surface area contributed by atoms with E-state index in [1.54, 1.807) is 10.9 Å². The molecule has 0 bridgehead atoms. The van der Waals surface area contributed by atoms with Crippen LogP contribution in [0.15, 0.2) is 49.3 Å². The summed E-state index contributed by atoms with van der Waals surface area (Å²) >= 11 is 0. The minimum absolute atomic E-state index is 0.848. The van der Waals surface area contributed by atoms with Crippen LogP contribution in [0, 0.1) is 0 Å². The third-order valence-corrected chi connectivity index (χ3v) is 2.60. The van der Waals surface area contributed by atoms with Crippen molar-refractivity contribution in [2.45, 2.75) is 13.0 Å². The summed E-state index contributed by atoms with van der Waals surface area (Å²) in [4.78, 5) is 0. The van der Waals surface area contributed by atoms with Gasteiger partial charge in [-0.3, -0.25) is 0 Å². The number of hydrogen-bond acceptors (Lipinski definition) is 2. The zero-order valence-corrected chi connectivity index (χ0v) is 9.84. The molecule has 1 N–H and O–H groups in total. The molecule has 0 saturated carbocycles. The molecule has 88 valence electrons. The lowest BCUT2D eigenvalue weighted by Crippen LogP contribution is -2.16. The van der Waals surface area contributed by atoms with E-state index >= 15 is 0 Å². The Morgan fingerprint density at radius 3 is 2.76 bits per heavy atom. The zero-order valence-electron chi connectivity index (χ0n) is 9.84. The summed E-state index contributed by atoms with van der Waals surface area (Å²) in [5.41, 5.74) is 2.54. The number of aromatic nitrogens is 2. The first-order valence-electron chi connectivity index (χ1n) is 5.79. The quantitative estimate of drug-likeness (QED) is 0.767. The van der Waals surface area contributed by atoms with Crippen molar-refractivity contribution in [1.82, 2.24) is 15.1 Å². The SMILES string of the molecule is C=Cn1cc(CNCCc2ccccc2)cn1. The van der Waals surface area contributed by atoms with Crippen molar-refractivity contribution in [2.75, 3.05) is 6.54 Å². The van der Waals surface area contributed by atoms with Crippen LogP contribution in [0.5, 0.6) is 0 Å². The summed E-state index contributed by atoms with van der Waals surface area (Å²) in [6, 6.07) is 10.5. The van der Waals surface area contributed by atoms with Crippen molar-refractivity contribution in [1.29, 1.82) is 0 Å². The average Bonchev–Trinajstić information content (AvgIpc) is 2.84. The van der Waals surface area contributed by atoms with Gasteiger partial charge in [0, 0.05) is 24.5 Å². The second kappa shape index (κ2) is 6.01. The molecule has 0 amide bonds. The van der Waals surface area contributed by atoms with E-state index < -0.39 is 0 Å². The first kappa shape index (κ1) is 11.6. The molecule has 0 spiro atoms. The van der Waals surface area contributed by atoms with Crippen LogP contribution >= 0.6 is 0 Å². The van der Waals surface area contributed by atoms with E-state index in [0.717, 1.165) is 19.5 Å². The predicted octanol–water partition coefficient (Wildman–Crippen LogP) is 2.32. The van der Waals surface area contributed by atoms with Gasteiger partial charge in [-0.25, -0.2) is 4.68 Å². The average molecular weight is 227 g/mol. The third-order valence-electron chi connectivity index (χ3n) is 2.60. The molecule has 0 fully saturated rings. The largest absolute Gasteiger partial charge is 0.312 e. The van der Waals surface area contributed by atoms with Crippen LogP contribution in [-0.4, -0.2) is 16.3 Å². The van der Waals surface area contributed by atoms with Gasteiger partial charge in [0.15, 0.2) is 0 Å². The fourth-order valence-corrected chi connectivity index (χ4v) is 1.68. The molecule has 0 atom stereocenters. The monoisotopic (exact) mass is 227 g/mol. The first-order valence-corrected chi connectivity index (χ1v) is 5.79. The Balaban J connectivity index is 1.71. The Morgan fingerprint density at radius 2 is 2.06 bits per heavy atom. The normalized spacial score (nSPS) is 10.4. The number of nitrogens with zero attached hydrogens (tertiary/aromatic N) is 2. The van der Waals surface area contributed by atoms with Gasteiger partial charge in [-0.05, 0) is 18.5 Å². The number of benzene rings is 1. The molecular weight excluding hydrogens is 210 g/mol. The zero-order chi connectivity index (χ0) is 11.9. The van der Waals surface area contributed by atoms with Gasteiger partial charge in [-0.15, -0.1) is 0 Å². The van der Waals surface area contributed by atoms with Gasteiger partial charge in [0.2, 0.25) is 0 Å². The Hall–Kier alpha value is -1.87. The lowest BCUT2D eigenvalue weighted by molar-refractivity contribution is 0.687. The lowest BCUT2D eigenvalue weighted by atomic mass is 10.1. The Bertz CT molecular complexity index is 459. The van der Waals surface area contributed by atoms with Crippen molar-refractivity contribution in [3.8, 4) is 0 Å². The highest BCUT2D eigenvalue weighted by atomic mass is 15.2. The van der Waals surface area contributed by atoms with Crippen molar-refractivity contribution < 1.29 is 0 Å². The van der Waals surface area contributed by atoms with Gasteiger partial charge in [0.05, 0.1) is 6.20 Å². The highest BCUT2D eigenvalue weighted by Gasteiger charge is 1.96. The molecule has 0 aliphatic rings. The topological polar surface area (TPSA) is 29.9 Å². The van der Waals surface area contributed by atoms with Crippen LogP contribution in [0.3, 0.4) is 0 Å². The molecule has 3 heteroatoms. The standard InChI is InChI=1S/C14H17N3/c1-2-17-12-14(11-16-17)10-15-9-8-13-6-4-3-5-7-13/h2-7,11-12,15H,1,8-10H2. The highest BCUT2D eigenvalue weighted by Crippen LogP contribution is 2.00. The van der Waals surface area contributed by atoms with Gasteiger partial charge < -0.3 is 5.32 Å². The summed E-state index contributed by atoms with van der Waals surface area (Å²) in [5.74, 6) is 0. The minimum atomic E-state index is 0.848. The fraction of sp³-hybridized carbons (Fsp3) is 0.214. The molecule has 1 aromatic carbocycles. The number of hydrogen-bond donors (Lipinski definition) is 1. The van der Waals surface area contributed by atoms with Crippen LogP contribution in [0.4, 0.5) is 0 Å². The molecule has 0 aliphatic heterocycles. The molecule has 0 radical (unpaired) electrons. The second-order valence-electron chi connectivity index (χ2n) is 3.92. The van der Waals surface area contributed by atoms with Crippen LogP contribution in [0.25, 0.3) is 6.20 Å². The maximum Gasteiger partial charge on any atom is 0.0538 e. The summed E-state index contributed by atoms with van der Waals surface area (Å²) in [7, 11) is 0. The van der Waals surface area contributed by atoms with E-state index in [2.05, 4.69) is 41.3 Å². The van der Waals surface area contributed by atoms with Gasteiger partial charge >= 0.3 is 0 Å². The third kappa shape index (κ3) is 3.57. The Labute approximate surface area is 102 Å². The van der Waals surface area contributed by atoms with Crippen molar-refractivity contribution in [3.05, 3.63) is 60.4 Å². The molecule has 2 aromatic rings. The van der Waals surface area contributed by atoms with Crippen molar-refractivity contribution in [2.24, 2.45) is 0 Å². The smallest absolute Gasteiger partial charge is 0.0538 e. The van der Waals surface area contributed by atoms with Gasteiger partial charge in [0.25, 0.3) is 0 Å². The maximum absolute atomic E-state index is 4.13. The molecule has 1 heterocycles. The fourth-order valence-electron chi connectivity index (χ4n) is 1.68. The van der Waals surface area contributed by atoms with Crippen LogP contribution < -0.4 is 5.32 Å². The molecule has 17 heavy (non-hydrogen) atoms. The molecule has 2 rings (SSSR count). The maximum atomic E-state index is 4.13.